The van der Waals surface area contributed by atoms with Crippen LogP contribution in [-0.2, 0) is 9.59 Å². The van der Waals surface area contributed by atoms with Gasteiger partial charge in [-0.2, -0.15) is 0 Å². The van der Waals surface area contributed by atoms with Crippen LogP contribution < -0.4 is 10.1 Å². The zero-order chi connectivity index (χ0) is 21.7. The molecular weight excluding hydrogens is 400 g/mol. The molecule has 0 radical (unpaired) electrons. The van der Waals surface area contributed by atoms with Crippen LogP contribution in [0.2, 0.25) is 0 Å². The Morgan fingerprint density at radius 2 is 2.00 bits per heavy atom. The number of benzene rings is 2. The predicted molar refractivity (Wildman–Crippen MR) is 118 cm³/mol. The summed E-state index contributed by atoms with van der Waals surface area (Å²) in [5.41, 5.74) is 3.63. The van der Waals surface area contributed by atoms with E-state index in [1.54, 1.807) is 30.3 Å². The highest BCUT2D eigenvalue weighted by molar-refractivity contribution is 8.18. The molecule has 30 heavy (non-hydrogen) atoms. The fourth-order valence-corrected chi connectivity index (χ4v) is 3.58. The number of thioether (sulfide) groups is 1. The van der Waals surface area contributed by atoms with Crippen molar-refractivity contribution in [2.45, 2.75) is 13.8 Å². The van der Waals surface area contributed by atoms with Gasteiger partial charge in [0, 0.05) is 5.69 Å². The van der Waals surface area contributed by atoms with E-state index in [2.05, 4.69) is 11.2 Å². The Morgan fingerprint density at radius 3 is 2.73 bits per heavy atom. The Bertz CT molecular complexity index is 1080. The number of anilines is 1. The number of terminal acetylenes is 1. The Morgan fingerprint density at radius 1 is 1.20 bits per heavy atom. The number of carbonyl (C=O) groups excluding carboxylic acids is 3. The lowest BCUT2D eigenvalue weighted by Crippen LogP contribution is -2.28. The van der Waals surface area contributed by atoms with Crippen LogP contribution in [0.1, 0.15) is 16.7 Å². The number of nitrogens with zero attached hydrogens (tertiary/aromatic N) is 1. The van der Waals surface area contributed by atoms with E-state index in [0.717, 1.165) is 27.8 Å². The first-order valence-electron chi connectivity index (χ1n) is 9.16. The molecule has 0 saturated carbocycles. The summed E-state index contributed by atoms with van der Waals surface area (Å²) in [6.07, 6.45) is 6.80. The monoisotopic (exact) mass is 420 g/mol. The Kier molecular flexibility index (Phi) is 6.60. The minimum Gasteiger partial charge on any atom is -0.484 e. The van der Waals surface area contributed by atoms with Crippen molar-refractivity contribution in [1.29, 1.82) is 0 Å². The molecule has 1 aliphatic rings. The molecule has 0 atom stereocenters. The molecule has 1 fully saturated rings. The summed E-state index contributed by atoms with van der Waals surface area (Å²) < 4.78 is 5.57. The first-order valence-corrected chi connectivity index (χ1v) is 9.98. The lowest BCUT2D eigenvalue weighted by atomic mass is 10.1. The number of ether oxygens (including phenoxy) is 1. The van der Waals surface area contributed by atoms with E-state index in [1.807, 2.05) is 32.0 Å². The summed E-state index contributed by atoms with van der Waals surface area (Å²) >= 11 is 0.842. The summed E-state index contributed by atoms with van der Waals surface area (Å²) in [7, 11) is 0. The Balaban J connectivity index is 1.62. The van der Waals surface area contributed by atoms with E-state index in [0.29, 0.717) is 21.9 Å². The van der Waals surface area contributed by atoms with E-state index < -0.39 is 5.91 Å². The third-order valence-electron chi connectivity index (χ3n) is 4.44. The van der Waals surface area contributed by atoms with Gasteiger partial charge >= 0.3 is 0 Å². The largest absolute Gasteiger partial charge is 0.484 e. The van der Waals surface area contributed by atoms with Gasteiger partial charge in [-0.05, 0) is 72.6 Å². The fraction of sp³-hybridized carbons (Fsp3) is 0.174. The van der Waals surface area contributed by atoms with E-state index in [-0.39, 0.29) is 24.3 Å². The van der Waals surface area contributed by atoms with Gasteiger partial charge in [-0.3, -0.25) is 19.3 Å². The topological polar surface area (TPSA) is 75.7 Å². The maximum atomic E-state index is 12.3. The molecule has 2 aromatic rings. The highest BCUT2D eigenvalue weighted by atomic mass is 32.2. The normalized spacial score (nSPS) is 14.7. The number of hydrogen-bond donors (Lipinski definition) is 1. The van der Waals surface area contributed by atoms with Crippen LogP contribution in [0.15, 0.2) is 47.4 Å². The second kappa shape index (κ2) is 9.33. The second-order valence-electron chi connectivity index (χ2n) is 6.68. The van der Waals surface area contributed by atoms with Crippen LogP contribution in [-0.4, -0.2) is 35.1 Å². The van der Waals surface area contributed by atoms with Crippen molar-refractivity contribution in [1.82, 2.24) is 4.90 Å². The quantitative estimate of drug-likeness (QED) is 0.565. The number of amides is 3. The molecule has 1 heterocycles. The van der Waals surface area contributed by atoms with Crippen molar-refractivity contribution < 1.29 is 19.1 Å². The number of aryl methyl sites for hydroxylation is 2. The van der Waals surface area contributed by atoms with E-state index in [9.17, 15) is 14.4 Å². The van der Waals surface area contributed by atoms with Crippen molar-refractivity contribution in [2.24, 2.45) is 0 Å². The second-order valence-corrected chi connectivity index (χ2v) is 7.67. The molecule has 0 aromatic heterocycles. The van der Waals surface area contributed by atoms with Crippen LogP contribution in [0, 0.1) is 26.2 Å². The molecule has 2 aromatic carbocycles. The summed E-state index contributed by atoms with van der Waals surface area (Å²) in [4.78, 5) is 37.6. The van der Waals surface area contributed by atoms with Crippen molar-refractivity contribution in [3.8, 4) is 18.1 Å². The first kappa shape index (κ1) is 21.2. The summed E-state index contributed by atoms with van der Waals surface area (Å²) in [6.45, 7) is 3.77. The first-order chi connectivity index (χ1) is 14.4. The Hall–Kier alpha value is -3.50. The number of nitrogens with one attached hydrogen (secondary N) is 1. The van der Waals surface area contributed by atoms with Crippen LogP contribution in [0.5, 0.6) is 5.75 Å². The summed E-state index contributed by atoms with van der Waals surface area (Å²) in [5.74, 6) is 2.08. The van der Waals surface area contributed by atoms with Gasteiger partial charge in [-0.25, -0.2) is 0 Å². The lowest BCUT2D eigenvalue weighted by Gasteiger charge is -2.09. The molecule has 6 nitrogen and oxygen atoms in total. The molecule has 7 heteroatoms. The molecule has 0 unspecified atom stereocenters. The highest BCUT2D eigenvalue weighted by Crippen LogP contribution is 2.32. The minimum absolute atomic E-state index is 0.0548. The van der Waals surface area contributed by atoms with Gasteiger partial charge in [0.1, 0.15) is 5.75 Å². The maximum Gasteiger partial charge on any atom is 0.294 e. The van der Waals surface area contributed by atoms with Crippen molar-refractivity contribution in [2.75, 3.05) is 18.5 Å². The summed E-state index contributed by atoms with van der Waals surface area (Å²) in [6, 6.07) is 12.6. The average Bonchev–Trinajstić information content (AvgIpc) is 2.97. The minimum atomic E-state index is -0.415. The zero-order valence-corrected chi connectivity index (χ0v) is 17.4. The number of imide groups is 1. The standard InChI is InChI=1S/C23H20N2O4S/c1-4-10-25-22(27)20(30-23(25)28)13-17-6-5-7-19(12-17)29-14-21(26)24-18-9-8-15(2)16(3)11-18/h1,5-9,11-13H,10,14H2,2-3H3,(H,24,26)/b20-13-. The van der Waals surface area contributed by atoms with Gasteiger partial charge < -0.3 is 10.1 Å². The molecule has 1 N–H and O–H groups in total. The smallest absolute Gasteiger partial charge is 0.294 e. The molecular formula is C23H20N2O4S. The maximum absolute atomic E-state index is 12.3. The SMILES string of the molecule is C#CCN1C(=O)S/C(=C\c2cccc(OCC(=O)Nc3ccc(C)c(C)c3)c2)C1=O. The van der Waals surface area contributed by atoms with E-state index >= 15 is 0 Å². The van der Waals surface area contributed by atoms with Gasteiger partial charge in [-0.15, -0.1) is 6.42 Å². The molecule has 0 bridgehead atoms. The van der Waals surface area contributed by atoms with Gasteiger partial charge in [-0.1, -0.05) is 24.1 Å². The number of rotatable bonds is 6. The van der Waals surface area contributed by atoms with Crippen LogP contribution in [0.25, 0.3) is 6.08 Å². The van der Waals surface area contributed by atoms with Crippen LogP contribution in [0.3, 0.4) is 0 Å². The van der Waals surface area contributed by atoms with Crippen LogP contribution in [0.4, 0.5) is 10.5 Å². The molecule has 1 saturated heterocycles. The average molecular weight is 420 g/mol. The fourth-order valence-electron chi connectivity index (χ4n) is 2.74. The third kappa shape index (κ3) is 5.10. The number of hydrogen-bond acceptors (Lipinski definition) is 5. The molecule has 0 aliphatic carbocycles. The van der Waals surface area contributed by atoms with Crippen molar-refractivity contribution in [3.63, 3.8) is 0 Å². The van der Waals surface area contributed by atoms with Gasteiger partial charge in [0.2, 0.25) is 0 Å². The lowest BCUT2D eigenvalue weighted by molar-refractivity contribution is -0.122. The van der Waals surface area contributed by atoms with Gasteiger partial charge in [0.05, 0.1) is 11.4 Å². The third-order valence-corrected chi connectivity index (χ3v) is 5.35. The molecule has 1 aliphatic heterocycles. The summed E-state index contributed by atoms with van der Waals surface area (Å²) in [5, 5.41) is 2.41. The van der Waals surface area contributed by atoms with E-state index in [1.165, 1.54) is 0 Å². The van der Waals surface area contributed by atoms with Gasteiger partial charge in [0.25, 0.3) is 17.1 Å². The molecule has 0 spiro atoms. The van der Waals surface area contributed by atoms with Crippen LogP contribution >= 0.6 is 11.8 Å². The number of carbonyl (C=O) groups is 3. The molecule has 3 rings (SSSR count). The predicted octanol–water partition coefficient (Wildman–Crippen LogP) is 3.99. The molecule has 152 valence electrons. The highest BCUT2D eigenvalue weighted by Gasteiger charge is 2.34. The molecule has 3 amide bonds. The van der Waals surface area contributed by atoms with Gasteiger partial charge in [0.15, 0.2) is 6.61 Å². The van der Waals surface area contributed by atoms with Crippen molar-refractivity contribution in [3.05, 3.63) is 64.1 Å². The van der Waals surface area contributed by atoms with E-state index in [4.69, 9.17) is 11.2 Å². The zero-order valence-electron chi connectivity index (χ0n) is 16.6. The van der Waals surface area contributed by atoms with Crippen molar-refractivity contribution >= 4 is 40.6 Å². The Labute approximate surface area is 179 Å².